The summed E-state index contributed by atoms with van der Waals surface area (Å²) in [4.78, 5) is 14.2. The molecule has 2 aromatic heterocycles. The molecule has 136 valence electrons. The number of rotatable bonds is 3. The molecule has 2 atom stereocenters. The van der Waals surface area contributed by atoms with Crippen molar-refractivity contribution in [3.8, 4) is 0 Å². The third-order valence-electron chi connectivity index (χ3n) is 4.89. The van der Waals surface area contributed by atoms with Crippen LogP contribution in [-0.2, 0) is 11.0 Å². The first-order valence-corrected chi connectivity index (χ1v) is 8.52. The van der Waals surface area contributed by atoms with Gasteiger partial charge in [0.15, 0.2) is 5.65 Å². The van der Waals surface area contributed by atoms with E-state index in [1.165, 1.54) is 10.5 Å². The van der Waals surface area contributed by atoms with E-state index >= 15 is 0 Å². The van der Waals surface area contributed by atoms with Crippen LogP contribution in [0.4, 0.5) is 13.2 Å². The molecule has 0 radical (unpaired) electrons. The Hall–Kier alpha value is -2.12. The van der Waals surface area contributed by atoms with Crippen molar-refractivity contribution in [2.24, 2.45) is 5.92 Å². The number of fused-ring (bicyclic) bond motifs is 1. The van der Waals surface area contributed by atoms with E-state index in [-0.39, 0.29) is 17.7 Å². The van der Waals surface area contributed by atoms with E-state index in [1.54, 1.807) is 4.90 Å². The summed E-state index contributed by atoms with van der Waals surface area (Å²) in [5.74, 6) is 0.422. The van der Waals surface area contributed by atoms with Crippen LogP contribution in [-0.4, -0.2) is 38.5 Å². The van der Waals surface area contributed by atoms with Gasteiger partial charge in [0.2, 0.25) is 5.91 Å². The minimum Gasteiger partial charge on any atom is -0.342 e. The molecule has 1 amide bonds. The fourth-order valence-electron chi connectivity index (χ4n) is 3.23. The fourth-order valence-corrected chi connectivity index (χ4v) is 3.23. The molecule has 1 fully saturated rings. The first-order valence-electron chi connectivity index (χ1n) is 8.52. The van der Waals surface area contributed by atoms with E-state index < -0.39 is 11.7 Å². The number of amides is 1. The lowest BCUT2D eigenvalue weighted by molar-refractivity contribution is -0.138. The summed E-state index contributed by atoms with van der Waals surface area (Å²) >= 11 is 0. The maximum atomic E-state index is 13.0. The Morgan fingerprint density at radius 3 is 2.80 bits per heavy atom. The summed E-state index contributed by atoms with van der Waals surface area (Å²) in [5, 5.41) is 8.09. The smallest absolute Gasteiger partial charge is 0.342 e. The SMILES string of the molecule is CCC(C)C(=O)N1CCCC(c2nnc3ccc(C(F)(F)F)cn23)C1. The predicted octanol–water partition coefficient (Wildman–Crippen LogP) is 3.50. The molecule has 1 saturated heterocycles. The van der Waals surface area contributed by atoms with Crippen molar-refractivity contribution in [1.29, 1.82) is 0 Å². The molecule has 1 aliphatic heterocycles. The lowest BCUT2D eigenvalue weighted by Crippen LogP contribution is -2.42. The van der Waals surface area contributed by atoms with Crippen LogP contribution in [0, 0.1) is 5.92 Å². The van der Waals surface area contributed by atoms with E-state index in [1.807, 2.05) is 13.8 Å². The van der Waals surface area contributed by atoms with Crippen LogP contribution in [0.25, 0.3) is 5.65 Å². The van der Waals surface area contributed by atoms with Gasteiger partial charge in [-0.1, -0.05) is 13.8 Å². The van der Waals surface area contributed by atoms with Gasteiger partial charge in [0.1, 0.15) is 5.82 Å². The molecule has 0 N–H and O–H groups in total. The molecule has 0 aromatic carbocycles. The Bertz CT molecular complexity index is 771. The Morgan fingerprint density at radius 2 is 2.12 bits per heavy atom. The lowest BCUT2D eigenvalue weighted by Gasteiger charge is -2.33. The van der Waals surface area contributed by atoms with Crippen molar-refractivity contribution >= 4 is 11.6 Å². The topological polar surface area (TPSA) is 50.5 Å². The van der Waals surface area contributed by atoms with Gasteiger partial charge in [-0.05, 0) is 31.4 Å². The molecule has 2 aromatic rings. The fraction of sp³-hybridized carbons (Fsp3) is 0.588. The molecule has 0 aliphatic carbocycles. The Balaban J connectivity index is 1.89. The normalized spacial score (nSPS) is 20.0. The minimum absolute atomic E-state index is 0.0503. The van der Waals surface area contributed by atoms with Gasteiger partial charge < -0.3 is 4.90 Å². The number of halogens is 3. The van der Waals surface area contributed by atoms with E-state index in [0.717, 1.165) is 31.5 Å². The molecular formula is C17H21F3N4O. The maximum Gasteiger partial charge on any atom is 0.417 e. The first kappa shape index (κ1) is 17.7. The van der Waals surface area contributed by atoms with E-state index in [9.17, 15) is 18.0 Å². The standard InChI is InChI=1S/C17H21F3N4O/c1-3-11(2)16(25)23-8-4-5-12(9-23)15-22-21-14-7-6-13(10-24(14)15)17(18,19)20/h6-7,10-12H,3-5,8-9H2,1-2H3. The molecule has 0 spiro atoms. The maximum absolute atomic E-state index is 13.0. The van der Waals surface area contributed by atoms with Gasteiger partial charge in [-0.3, -0.25) is 9.20 Å². The zero-order valence-corrected chi connectivity index (χ0v) is 14.3. The van der Waals surface area contributed by atoms with Crippen LogP contribution in [0.5, 0.6) is 0 Å². The zero-order valence-electron chi connectivity index (χ0n) is 14.3. The number of hydrogen-bond donors (Lipinski definition) is 0. The molecule has 3 rings (SSSR count). The average Bonchev–Trinajstić information content (AvgIpc) is 3.03. The second kappa shape index (κ2) is 6.65. The quantitative estimate of drug-likeness (QED) is 0.848. The number of hydrogen-bond acceptors (Lipinski definition) is 3. The number of alkyl halides is 3. The van der Waals surface area contributed by atoms with Crippen molar-refractivity contribution in [2.75, 3.05) is 13.1 Å². The third-order valence-corrected chi connectivity index (χ3v) is 4.89. The Labute approximate surface area is 143 Å². The van der Waals surface area contributed by atoms with E-state index in [2.05, 4.69) is 10.2 Å². The summed E-state index contributed by atoms with van der Waals surface area (Å²) < 4.78 is 40.4. The van der Waals surface area contributed by atoms with E-state index in [0.29, 0.717) is 24.6 Å². The first-order chi connectivity index (χ1) is 11.8. The zero-order chi connectivity index (χ0) is 18.2. The third kappa shape index (κ3) is 3.48. The Morgan fingerprint density at radius 1 is 1.36 bits per heavy atom. The van der Waals surface area contributed by atoms with Gasteiger partial charge in [-0.25, -0.2) is 0 Å². The summed E-state index contributed by atoms with van der Waals surface area (Å²) in [6, 6.07) is 2.33. The number of nitrogens with zero attached hydrogens (tertiary/aromatic N) is 4. The van der Waals surface area contributed by atoms with Crippen molar-refractivity contribution in [3.63, 3.8) is 0 Å². The molecule has 3 heterocycles. The second-order valence-corrected chi connectivity index (χ2v) is 6.63. The highest BCUT2D eigenvalue weighted by Crippen LogP contribution is 2.31. The molecule has 0 bridgehead atoms. The highest BCUT2D eigenvalue weighted by molar-refractivity contribution is 5.78. The van der Waals surface area contributed by atoms with Crippen molar-refractivity contribution < 1.29 is 18.0 Å². The van der Waals surface area contributed by atoms with E-state index in [4.69, 9.17) is 0 Å². The van der Waals surface area contributed by atoms with Gasteiger partial charge in [0.25, 0.3) is 0 Å². The predicted molar refractivity (Wildman–Crippen MR) is 86.0 cm³/mol. The summed E-state index contributed by atoms with van der Waals surface area (Å²) in [7, 11) is 0. The van der Waals surface area contributed by atoms with Crippen LogP contribution >= 0.6 is 0 Å². The number of carbonyl (C=O) groups excluding carboxylic acids is 1. The van der Waals surface area contributed by atoms with Gasteiger partial charge in [-0.2, -0.15) is 13.2 Å². The number of carbonyl (C=O) groups is 1. The Kier molecular flexibility index (Phi) is 4.71. The summed E-state index contributed by atoms with van der Waals surface area (Å²) in [6.07, 6.45) is -1.02. The number of piperidine rings is 1. The minimum atomic E-state index is -4.42. The number of pyridine rings is 1. The van der Waals surface area contributed by atoms with Gasteiger partial charge in [-0.15, -0.1) is 10.2 Å². The van der Waals surface area contributed by atoms with Crippen LogP contribution < -0.4 is 0 Å². The van der Waals surface area contributed by atoms with Crippen molar-refractivity contribution in [2.45, 2.75) is 45.2 Å². The summed E-state index contributed by atoms with van der Waals surface area (Å²) in [5.41, 5.74) is -0.349. The molecule has 8 heteroatoms. The van der Waals surface area contributed by atoms with Crippen LogP contribution in [0.3, 0.4) is 0 Å². The van der Waals surface area contributed by atoms with Gasteiger partial charge >= 0.3 is 6.18 Å². The molecule has 0 saturated carbocycles. The molecule has 25 heavy (non-hydrogen) atoms. The molecule has 1 aliphatic rings. The number of aromatic nitrogens is 3. The average molecular weight is 354 g/mol. The largest absolute Gasteiger partial charge is 0.417 e. The number of likely N-dealkylation sites (tertiary alicyclic amines) is 1. The van der Waals surface area contributed by atoms with Crippen LogP contribution in [0.2, 0.25) is 0 Å². The highest BCUT2D eigenvalue weighted by atomic mass is 19.4. The lowest BCUT2D eigenvalue weighted by atomic mass is 9.95. The van der Waals surface area contributed by atoms with Crippen molar-refractivity contribution in [1.82, 2.24) is 19.5 Å². The molecule has 2 unspecified atom stereocenters. The second-order valence-electron chi connectivity index (χ2n) is 6.63. The van der Waals surface area contributed by atoms with Crippen molar-refractivity contribution in [3.05, 3.63) is 29.7 Å². The van der Waals surface area contributed by atoms with Gasteiger partial charge in [0.05, 0.1) is 5.56 Å². The summed E-state index contributed by atoms with van der Waals surface area (Å²) in [6.45, 7) is 5.02. The van der Waals surface area contributed by atoms with Crippen LogP contribution in [0.1, 0.15) is 50.4 Å². The van der Waals surface area contributed by atoms with Crippen LogP contribution in [0.15, 0.2) is 18.3 Å². The van der Waals surface area contributed by atoms with Gasteiger partial charge in [0, 0.05) is 31.1 Å². The monoisotopic (exact) mass is 354 g/mol. The molecule has 5 nitrogen and oxygen atoms in total. The molecular weight excluding hydrogens is 333 g/mol. The highest BCUT2D eigenvalue weighted by Gasteiger charge is 2.33.